The van der Waals surface area contributed by atoms with E-state index in [1.807, 2.05) is 6.07 Å². The van der Waals surface area contributed by atoms with E-state index in [1.165, 1.54) is 18.2 Å². The topological polar surface area (TPSA) is 148 Å². The molecule has 124 valence electrons. The van der Waals surface area contributed by atoms with E-state index in [9.17, 15) is 25.0 Å². The van der Waals surface area contributed by atoms with Crippen molar-refractivity contribution >= 4 is 23.1 Å². The summed E-state index contributed by atoms with van der Waals surface area (Å²) in [5.41, 5.74) is 4.03. The van der Waals surface area contributed by atoms with Crippen LogP contribution in [-0.2, 0) is 19.7 Å². The molecule has 0 aromatic heterocycles. The third kappa shape index (κ3) is 1.65. The van der Waals surface area contributed by atoms with E-state index < -0.39 is 16.2 Å². The van der Waals surface area contributed by atoms with Gasteiger partial charge < -0.3 is 15.8 Å². The Balaban J connectivity index is 2.11. The first-order chi connectivity index (χ1) is 11.9. The summed E-state index contributed by atoms with van der Waals surface area (Å²) in [4.78, 5) is 36.0. The Labute approximate surface area is 140 Å². The second-order valence-electron chi connectivity index (χ2n) is 5.87. The Hall–Kier alpha value is -3.67. The second-order valence-corrected chi connectivity index (χ2v) is 5.87. The molecule has 0 saturated heterocycles. The predicted octanol–water partition coefficient (Wildman–Crippen LogP) is 1.13. The van der Waals surface area contributed by atoms with Gasteiger partial charge in [-0.25, -0.2) is 0 Å². The number of nitrogens with two attached hydrogens (primary N) is 1. The van der Waals surface area contributed by atoms with Crippen LogP contribution < -0.4 is 11.1 Å². The van der Waals surface area contributed by atoms with Gasteiger partial charge >= 0.3 is 0 Å². The van der Waals surface area contributed by atoms with Crippen LogP contribution in [0.3, 0.4) is 0 Å². The highest BCUT2D eigenvalue weighted by Crippen LogP contribution is 2.54. The van der Waals surface area contributed by atoms with Gasteiger partial charge in [0.25, 0.3) is 5.69 Å². The molecule has 1 unspecified atom stereocenters. The molecule has 0 radical (unpaired) electrons. The number of non-ortho nitro benzene ring substituents is 1. The summed E-state index contributed by atoms with van der Waals surface area (Å²) in [5.74, 6) is -1.03. The average molecular weight is 338 g/mol. The Morgan fingerprint density at radius 1 is 1.36 bits per heavy atom. The number of nitro benzene ring substituents is 1. The van der Waals surface area contributed by atoms with E-state index in [0.29, 0.717) is 5.69 Å². The van der Waals surface area contributed by atoms with Gasteiger partial charge in [-0.1, -0.05) is 0 Å². The van der Waals surface area contributed by atoms with Gasteiger partial charge in [0.05, 0.1) is 10.5 Å². The Bertz CT molecular complexity index is 1000. The molecule has 2 heterocycles. The number of rotatable bonds is 1. The lowest BCUT2D eigenvalue weighted by Gasteiger charge is -2.32. The first kappa shape index (κ1) is 14.9. The summed E-state index contributed by atoms with van der Waals surface area (Å²) in [6, 6.07) is 5.66. The van der Waals surface area contributed by atoms with Crippen molar-refractivity contribution in [3.63, 3.8) is 0 Å². The molecule has 1 spiro atoms. The van der Waals surface area contributed by atoms with Crippen LogP contribution in [0.1, 0.15) is 18.4 Å². The quantitative estimate of drug-likeness (QED) is 0.575. The summed E-state index contributed by atoms with van der Waals surface area (Å²) in [6.07, 6.45) is 0.378. The number of ketones is 1. The number of hydrogen-bond acceptors (Lipinski definition) is 7. The van der Waals surface area contributed by atoms with Crippen molar-refractivity contribution in [1.82, 2.24) is 0 Å². The minimum Gasteiger partial charge on any atom is -0.444 e. The number of ether oxygens (including phenoxy) is 1. The van der Waals surface area contributed by atoms with Crippen LogP contribution in [-0.4, -0.2) is 16.6 Å². The highest BCUT2D eigenvalue weighted by Gasteiger charge is 2.60. The van der Waals surface area contributed by atoms with E-state index in [4.69, 9.17) is 10.5 Å². The molecule has 3 aliphatic rings. The van der Waals surface area contributed by atoms with Crippen LogP contribution in [0.5, 0.6) is 0 Å². The first-order valence-corrected chi connectivity index (χ1v) is 7.36. The summed E-state index contributed by atoms with van der Waals surface area (Å²) in [7, 11) is 0. The van der Waals surface area contributed by atoms with Crippen molar-refractivity contribution < 1.29 is 19.2 Å². The fourth-order valence-electron chi connectivity index (χ4n) is 3.69. The van der Waals surface area contributed by atoms with Crippen molar-refractivity contribution in [1.29, 1.82) is 5.26 Å². The number of amides is 1. The monoisotopic (exact) mass is 338 g/mol. The summed E-state index contributed by atoms with van der Waals surface area (Å²) in [6.45, 7) is 0. The summed E-state index contributed by atoms with van der Waals surface area (Å²) < 4.78 is 5.39. The molecule has 9 nitrogen and oxygen atoms in total. The maximum absolute atomic E-state index is 12.9. The number of nitriles is 1. The van der Waals surface area contributed by atoms with E-state index in [2.05, 4.69) is 5.32 Å². The molecule has 1 amide bonds. The Kier molecular flexibility index (Phi) is 2.78. The molecule has 1 aromatic carbocycles. The second kappa shape index (κ2) is 4.67. The van der Waals surface area contributed by atoms with Crippen LogP contribution in [0.2, 0.25) is 0 Å². The molecular weight excluding hydrogens is 328 g/mol. The van der Waals surface area contributed by atoms with Crippen molar-refractivity contribution in [3.8, 4) is 6.07 Å². The number of benzene rings is 1. The minimum atomic E-state index is -1.80. The Morgan fingerprint density at radius 2 is 2.12 bits per heavy atom. The lowest BCUT2D eigenvalue weighted by Crippen LogP contribution is -2.44. The van der Waals surface area contributed by atoms with Crippen LogP contribution >= 0.6 is 0 Å². The van der Waals surface area contributed by atoms with Crippen molar-refractivity contribution in [2.45, 2.75) is 18.3 Å². The van der Waals surface area contributed by atoms with Gasteiger partial charge in [0.2, 0.25) is 11.8 Å². The smallest absolute Gasteiger partial charge is 0.269 e. The molecule has 0 bridgehead atoms. The van der Waals surface area contributed by atoms with E-state index in [-0.39, 0.29) is 52.7 Å². The third-order valence-electron chi connectivity index (χ3n) is 4.68. The fraction of sp³-hybridized carbons (Fsp3) is 0.188. The molecule has 2 aliphatic heterocycles. The highest BCUT2D eigenvalue weighted by molar-refractivity contribution is 6.19. The maximum Gasteiger partial charge on any atom is 0.269 e. The number of carbonyl (C=O) groups is 2. The van der Waals surface area contributed by atoms with Gasteiger partial charge in [-0.15, -0.1) is 0 Å². The Morgan fingerprint density at radius 3 is 2.80 bits per heavy atom. The molecule has 25 heavy (non-hydrogen) atoms. The molecular formula is C16H10N4O5. The van der Waals surface area contributed by atoms with Crippen LogP contribution in [0.15, 0.2) is 41.0 Å². The molecule has 4 rings (SSSR count). The number of carbonyl (C=O) groups excluding carboxylic acids is 2. The number of anilines is 1. The predicted molar refractivity (Wildman–Crippen MR) is 82.6 cm³/mol. The summed E-state index contributed by atoms with van der Waals surface area (Å²) in [5, 5.41) is 23.4. The number of fused-ring (bicyclic) bond motifs is 3. The van der Waals surface area contributed by atoms with Crippen molar-refractivity contribution in [3.05, 3.63) is 56.7 Å². The van der Waals surface area contributed by atoms with Crippen LogP contribution in [0.4, 0.5) is 11.4 Å². The molecule has 3 N–H and O–H groups in total. The zero-order valence-electron chi connectivity index (χ0n) is 12.7. The van der Waals surface area contributed by atoms with E-state index >= 15 is 0 Å². The lowest BCUT2D eigenvalue weighted by molar-refractivity contribution is -0.384. The molecule has 9 heteroatoms. The number of Topliss-reactive ketones (excluding diaryl/α,β-unsaturated/α-hetero) is 1. The maximum atomic E-state index is 12.9. The van der Waals surface area contributed by atoms with Crippen molar-refractivity contribution in [2.75, 3.05) is 5.32 Å². The van der Waals surface area contributed by atoms with Gasteiger partial charge in [0.1, 0.15) is 22.8 Å². The number of nitrogens with one attached hydrogen (secondary N) is 1. The molecule has 0 fully saturated rings. The average Bonchev–Trinajstić information content (AvgIpc) is 3.06. The van der Waals surface area contributed by atoms with Gasteiger partial charge in [-0.3, -0.25) is 19.7 Å². The number of hydrogen-bond donors (Lipinski definition) is 2. The largest absolute Gasteiger partial charge is 0.444 e. The minimum absolute atomic E-state index is 0.0370. The number of allylic oxidation sites excluding steroid dienone is 1. The highest BCUT2D eigenvalue weighted by atomic mass is 16.6. The normalized spacial score (nSPS) is 24.0. The third-order valence-corrected chi connectivity index (χ3v) is 4.68. The molecule has 1 aromatic rings. The SMILES string of the molecule is N#CC1=C(N)OC2=C(C(=O)CC2)C12C(=O)Nc1ccc([N+](=O)[O-])cc12. The van der Waals surface area contributed by atoms with Gasteiger partial charge in [0, 0.05) is 36.2 Å². The first-order valence-electron chi connectivity index (χ1n) is 7.36. The zero-order chi connectivity index (χ0) is 17.9. The van der Waals surface area contributed by atoms with Crippen LogP contribution in [0, 0.1) is 21.4 Å². The number of nitrogens with zero attached hydrogens (tertiary/aromatic N) is 2. The molecule has 1 aliphatic carbocycles. The molecule has 0 saturated carbocycles. The van der Waals surface area contributed by atoms with Gasteiger partial charge in [0.15, 0.2) is 5.78 Å². The standard InChI is InChI=1S/C16H10N4O5/c17-6-9-14(18)25-12-4-3-11(21)13(12)16(9)8-5-7(20(23)24)1-2-10(8)19-15(16)22/h1-2,5H,3-4,18H2,(H,19,22). The van der Waals surface area contributed by atoms with Crippen LogP contribution in [0.25, 0.3) is 0 Å². The van der Waals surface area contributed by atoms with Gasteiger partial charge in [-0.05, 0) is 6.07 Å². The van der Waals surface area contributed by atoms with E-state index in [0.717, 1.165) is 0 Å². The number of nitro groups is 1. The van der Waals surface area contributed by atoms with Gasteiger partial charge in [-0.2, -0.15) is 5.26 Å². The zero-order valence-corrected chi connectivity index (χ0v) is 12.7. The van der Waals surface area contributed by atoms with Crippen molar-refractivity contribution in [2.24, 2.45) is 5.73 Å². The summed E-state index contributed by atoms with van der Waals surface area (Å²) >= 11 is 0. The van der Waals surface area contributed by atoms with E-state index in [1.54, 1.807) is 0 Å². The lowest BCUT2D eigenvalue weighted by atomic mass is 9.68. The molecule has 1 atom stereocenters. The fourth-order valence-corrected chi connectivity index (χ4v) is 3.69.